The number of aromatic carboxylic acids is 1. The summed E-state index contributed by atoms with van der Waals surface area (Å²) in [5, 5.41) is 19.4. The lowest BCUT2D eigenvalue weighted by Crippen LogP contribution is -2.56. The summed E-state index contributed by atoms with van der Waals surface area (Å²) in [6.45, 7) is 2.50. The van der Waals surface area contributed by atoms with E-state index in [4.69, 9.17) is 4.74 Å². The Morgan fingerprint density at radius 1 is 1.45 bits per heavy atom. The average Bonchev–Trinajstić information content (AvgIpc) is 2.44. The minimum absolute atomic E-state index is 0.0700. The summed E-state index contributed by atoms with van der Waals surface area (Å²) in [4.78, 5) is 24.4. The maximum Gasteiger partial charge on any atom is 0.343 e. The highest BCUT2D eigenvalue weighted by molar-refractivity contribution is 6.08. The van der Waals surface area contributed by atoms with Gasteiger partial charge in [0.05, 0.1) is 13.1 Å². The van der Waals surface area contributed by atoms with E-state index in [9.17, 15) is 19.8 Å². The maximum absolute atomic E-state index is 11.4. The van der Waals surface area contributed by atoms with Gasteiger partial charge >= 0.3 is 5.97 Å². The van der Waals surface area contributed by atoms with Gasteiger partial charge < -0.3 is 19.8 Å². The summed E-state index contributed by atoms with van der Waals surface area (Å²) in [6, 6.07) is 3.26. The molecular formula is C15H19BNO5. The summed E-state index contributed by atoms with van der Waals surface area (Å²) in [5.74, 6) is -1.39. The quantitative estimate of drug-likeness (QED) is 0.747. The summed E-state index contributed by atoms with van der Waals surface area (Å²) in [5.41, 5.74) is 0.385. The van der Waals surface area contributed by atoms with E-state index >= 15 is 0 Å². The molecule has 0 spiro atoms. The number of aromatic hydroxyl groups is 1. The number of likely N-dealkylation sites (tertiary alicyclic amines) is 1. The van der Waals surface area contributed by atoms with E-state index in [0.717, 1.165) is 6.32 Å². The summed E-state index contributed by atoms with van der Waals surface area (Å²) in [7, 11) is 1.95. The van der Waals surface area contributed by atoms with Gasteiger partial charge in [0.2, 0.25) is 5.91 Å². The number of amides is 1. The van der Waals surface area contributed by atoms with Crippen molar-refractivity contribution < 1.29 is 24.5 Å². The molecule has 0 aromatic heterocycles. The summed E-state index contributed by atoms with van der Waals surface area (Å²) >= 11 is 0. The summed E-state index contributed by atoms with van der Waals surface area (Å²) < 4.78 is 5.63. The monoisotopic (exact) mass is 304 g/mol. The molecule has 22 heavy (non-hydrogen) atoms. The highest BCUT2D eigenvalue weighted by Gasteiger charge is 2.33. The van der Waals surface area contributed by atoms with Crippen LogP contribution in [-0.2, 0) is 11.2 Å². The van der Waals surface area contributed by atoms with Gasteiger partial charge in [0.1, 0.15) is 31.0 Å². The molecule has 1 fully saturated rings. The Balaban J connectivity index is 2.13. The third-order valence-electron chi connectivity index (χ3n) is 3.66. The number of ether oxygens (including phenoxy) is 1. The normalized spacial score (nSPS) is 14.5. The molecule has 117 valence electrons. The zero-order valence-electron chi connectivity index (χ0n) is 12.7. The number of rotatable bonds is 6. The highest BCUT2D eigenvalue weighted by atomic mass is 16.5. The molecule has 1 aromatic rings. The standard InChI is InChI=1S/C15H19BNO5/c1-2-12(18)17-7-10(8-17)22-11-4-3-9(5-6-16)14(19)13(11)15(20)21/h2-4,10,19H,5-8,16H2,1H3,(H,20,21). The zero-order valence-corrected chi connectivity index (χ0v) is 12.7. The van der Waals surface area contributed by atoms with Gasteiger partial charge in [-0.25, -0.2) is 4.79 Å². The van der Waals surface area contributed by atoms with Crippen LogP contribution in [0.15, 0.2) is 12.1 Å². The van der Waals surface area contributed by atoms with Crippen LogP contribution < -0.4 is 4.74 Å². The van der Waals surface area contributed by atoms with Crippen LogP contribution in [0.5, 0.6) is 11.5 Å². The predicted molar refractivity (Wildman–Crippen MR) is 83.1 cm³/mol. The van der Waals surface area contributed by atoms with Crippen LogP contribution in [0.3, 0.4) is 0 Å². The second kappa shape index (κ2) is 6.72. The number of carbonyl (C=O) groups is 2. The number of aryl methyl sites for hydroxylation is 1. The largest absolute Gasteiger partial charge is 0.507 e. The lowest BCUT2D eigenvalue weighted by molar-refractivity contribution is -0.136. The minimum Gasteiger partial charge on any atom is -0.507 e. The van der Waals surface area contributed by atoms with Gasteiger partial charge in [-0.05, 0) is 18.1 Å². The van der Waals surface area contributed by atoms with Crippen molar-refractivity contribution in [2.45, 2.75) is 25.8 Å². The number of nitrogens with zero attached hydrogens (tertiary/aromatic N) is 1. The van der Waals surface area contributed by atoms with Crippen LogP contribution in [0, 0.1) is 6.42 Å². The van der Waals surface area contributed by atoms with E-state index in [0.29, 0.717) is 25.1 Å². The van der Waals surface area contributed by atoms with Gasteiger partial charge in [0.15, 0.2) is 0 Å². The molecule has 1 aliphatic heterocycles. The smallest absolute Gasteiger partial charge is 0.343 e. The Bertz CT molecular complexity index is 584. The Kier molecular flexibility index (Phi) is 4.95. The van der Waals surface area contributed by atoms with Crippen molar-refractivity contribution in [3.8, 4) is 11.5 Å². The van der Waals surface area contributed by atoms with Crippen molar-refractivity contribution in [1.29, 1.82) is 0 Å². The molecule has 2 rings (SSSR count). The molecular weight excluding hydrogens is 285 g/mol. The van der Waals surface area contributed by atoms with Crippen molar-refractivity contribution in [3.05, 3.63) is 29.7 Å². The number of hydrogen-bond acceptors (Lipinski definition) is 4. The van der Waals surface area contributed by atoms with Crippen LogP contribution >= 0.6 is 0 Å². The fourth-order valence-corrected chi connectivity index (χ4v) is 2.45. The van der Waals surface area contributed by atoms with Crippen molar-refractivity contribution in [3.63, 3.8) is 0 Å². The van der Waals surface area contributed by atoms with Crippen molar-refractivity contribution in [1.82, 2.24) is 4.90 Å². The van der Waals surface area contributed by atoms with E-state index in [1.807, 2.05) is 7.85 Å². The Hall–Kier alpha value is -2.18. The molecule has 1 amide bonds. The van der Waals surface area contributed by atoms with Gasteiger partial charge in [0, 0.05) is 6.42 Å². The lowest BCUT2D eigenvalue weighted by atomic mass is 9.95. The third-order valence-corrected chi connectivity index (χ3v) is 3.66. The van der Waals surface area contributed by atoms with E-state index in [1.165, 1.54) is 6.42 Å². The minimum atomic E-state index is -1.22. The molecule has 0 bridgehead atoms. The first-order valence-electron chi connectivity index (χ1n) is 7.31. The van der Waals surface area contributed by atoms with Crippen molar-refractivity contribution in [2.75, 3.05) is 13.1 Å². The molecule has 1 aromatic carbocycles. The van der Waals surface area contributed by atoms with Crippen LogP contribution in [0.4, 0.5) is 0 Å². The van der Waals surface area contributed by atoms with Gasteiger partial charge in [-0.1, -0.05) is 19.3 Å². The molecule has 1 radical (unpaired) electrons. The number of hydrogen-bond donors (Lipinski definition) is 2. The first-order chi connectivity index (χ1) is 10.5. The molecule has 0 unspecified atom stereocenters. The third kappa shape index (κ3) is 3.18. The van der Waals surface area contributed by atoms with Gasteiger partial charge in [-0.3, -0.25) is 4.79 Å². The second-order valence-corrected chi connectivity index (χ2v) is 5.27. The molecule has 0 aliphatic carbocycles. The molecule has 0 atom stereocenters. The second-order valence-electron chi connectivity index (χ2n) is 5.27. The van der Waals surface area contributed by atoms with E-state index in [2.05, 4.69) is 0 Å². The Morgan fingerprint density at radius 3 is 2.68 bits per heavy atom. The number of carboxylic acid groups (broad SMARTS) is 1. The van der Waals surface area contributed by atoms with Crippen LogP contribution in [-0.4, -0.2) is 54.0 Å². The van der Waals surface area contributed by atoms with Crippen LogP contribution in [0.1, 0.15) is 22.8 Å². The van der Waals surface area contributed by atoms with Gasteiger partial charge in [-0.2, -0.15) is 0 Å². The number of phenols is 1. The zero-order chi connectivity index (χ0) is 16.3. The topological polar surface area (TPSA) is 87.1 Å². The first kappa shape index (κ1) is 16.2. The number of benzene rings is 1. The molecule has 0 saturated carbocycles. The maximum atomic E-state index is 11.4. The van der Waals surface area contributed by atoms with Crippen molar-refractivity contribution in [2.24, 2.45) is 0 Å². The van der Waals surface area contributed by atoms with E-state index in [1.54, 1.807) is 24.0 Å². The lowest BCUT2D eigenvalue weighted by Gasteiger charge is -2.39. The molecule has 1 aliphatic rings. The molecule has 1 saturated heterocycles. The van der Waals surface area contributed by atoms with Crippen molar-refractivity contribution >= 4 is 19.7 Å². The fourth-order valence-electron chi connectivity index (χ4n) is 2.45. The molecule has 7 heteroatoms. The number of carbonyl (C=O) groups excluding carboxylic acids is 1. The Labute approximate surface area is 130 Å². The predicted octanol–water partition coefficient (Wildman–Crippen LogP) is 0.498. The Morgan fingerprint density at radius 2 is 2.14 bits per heavy atom. The fraction of sp³-hybridized carbons (Fsp3) is 0.400. The van der Waals surface area contributed by atoms with Gasteiger partial charge in [0.25, 0.3) is 0 Å². The van der Waals surface area contributed by atoms with Crippen LogP contribution in [0.25, 0.3) is 0 Å². The first-order valence-corrected chi connectivity index (χ1v) is 7.31. The molecule has 1 heterocycles. The van der Waals surface area contributed by atoms with E-state index < -0.39 is 5.97 Å². The highest BCUT2D eigenvalue weighted by Crippen LogP contribution is 2.33. The summed E-state index contributed by atoms with van der Waals surface area (Å²) in [6.07, 6.45) is 2.63. The SMILES string of the molecule is BCCc1ccc(OC2CN(C(=O)[CH]C)C2)c(C(=O)O)c1O. The molecule has 6 nitrogen and oxygen atoms in total. The average molecular weight is 304 g/mol. The molecule has 2 N–H and O–H groups in total. The van der Waals surface area contributed by atoms with E-state index in [-0.39, 0.29) is 29.1 Å². The number of carboxylic acids is 1. The van der Waals surface area contributed by atoms with Gasteiger partial charge in [-0.15, -0.1) is 0 Å². The van der Waals surface area contributed by atoms with Crippen LogP contribution in [0.2, 0.25) is 6.32 Å².